The van der Waals surface area contributed by atoms with Crippen molar-refractivity contribution in [3.8, 4) is 0 Å². The first-order valence-corrected chi connectivity index (χ1v) is 7.62. The molecule has 1 N–H and O–H groups in total. The van der Waals surface area contributed by atoms with Gasteiger partial charge in [-0.05, 0) is 49.4 Å². The van der Waals surface area contributed by atoms with Crippen molar-refractivity contribution in [3.63, 3.8) is 0 Å². The van der Waals surface area contributed by atoms with Crippen LogP contribution in [0, 0.1) is 5.92 Å². The van der Waals surface area contributed by atoms with Gasteiger partial charge in [0, 0.05) is 17.7 Å². The zero-order valence-electron chi connectivity index (χ0n) is 11.9. The normalized spacial score (nSPS) is 23.8. The highest BCUT2D eigenvalue weighted by Crippen LogP contribution is 2.20. The number of halogens is 1. The molecule has 1 heterocycles. The molecule has 0 amide bonds. The van der Waals surface area contributed by atoms with Gasteiger partial charge in [-0.2, -0.15) is 0 Å². The number of rotatable bonds is 5. The molecule has 2 unspecified atom stereocenters. The van der Waals surface area contributed by atoms with Crippen LogP contribution >= 0.6 is 11.6 Å². The molecule has 0 spiro atoms. The van der Waals surface area contributed by atoms with E-state index >= 15 is 0 Å². The van der Waals surface area contributed by atoms with E-state index in [0.717, 1.165) is 37.4 Å². The quantitative estimate of drug-likeness (QED) is 0.889. The summed E-state index contributed by atoms with van der Waals surface area (Å²) in [6.45, 7) is 6.39. The van der Waals surface area contributed by atoms with E-state index < -0.39 is 0 Å². The van der Waals surface area contributed by atoms with Crippen LogP contribution < -0.4 is 5.32 Å². The molecule has 1 saturated heterocycles. The van der Waals surface area contributed by atoms with E-state index in [4.69, 9.17) is 16.3 Å². The van der Waals surface area contributed by atoms with E-state index in [1.54, 1.807) is 0 Å². The maximum Gasteiger partial charge on any atom is 0.0612 e. The lowest BCUT2D eigenvalue weighted by Crippen LogP contribution is -2.41. The lowest BCUT2D eigenvalue weighted by atomic mass is 9.95. The van der Waals surface area contributed by atoms with Gasteiger partial charge >= 0.3 is 0 Å². The maximum absolute atomic E-state index is 5.88. The van der Waals surface area contributed by atoms with E-state index in [9.17, 15) is 0 Å². The van der Waals surface area contributed by atoms with Crippen molar-refractivity contribution in [2.24, 2.45) is 5.92 Å². The smallest absolute Gasteiger partial charge is 0.0612 e. The van der Waals surface area contributed by atoms with Gasteiger partial charge in [0.15, 0.2) is 0 Å². The Morgan fingerprint density at radius 2 is 2.05 bits per heavy atom. The monoisotopic (exact) mass is 281 g/mol. The second kappa shape index (κ2) is 7.28. The van der Waals surface area contributed by atoms with Crippen LogP contribution in [0.15, 0.2) is 24.3 Å². The molecule has 0 bridgehead atoms. The Labute approximate surface area is 121 Å². The highest BCUT2D eigenvalue weighted by molar-refractivity contribution is 6.30. The van der Waals surface area contributed by atoms with Crippen molar-refractivity contribution < 1.29 is 4.74 Å². The molecule has 1 aromatic carbocycles. The average molecular weight is 282 g/mol. The summed E-state index contributed by atoms with van der Waals surface area (Å²) < 4.78 is 5.79. The summed E-state index contributed by atoms with van der Waals surface area (Å²) in [6, 6.07) is 8.73. The molecule has 0 aromatic heterocycles. The summed E-state index contributed by atoms with van der Waals surface area (Å²) in [5.41, 5.74) is 1.34. The number of hydrogen-bond acceptors (Lipinski definition) is 2. The Morgan fingerprint density at radius 3 is 2.74 bits per heavy atom. The molecule has 2 nitrogen and oxygen atoms in total. The predicted molar refractivity (Wildman–Crippen MR) is 80.8 cm³/mol. The van der Waals surface area contributed by atoms with E-state index in [1.807, 2.05) is 12.1 Å². The first-order chi connectivity index (χ1) is 9.15. The van der Waals surface area contributed by atoms with Crippen LogP contribution in [0.3, 0.4) is 0 Å². The molecule has 1 aliphatic rings. The van der Waals surface area contributed by atoms with E-state index in [-0.39, 0.29) is 0 Å². The van der Waals surface area contributed by atoms with Crippen molar-refractivity contribution in [3.05, 3.63) is 34.9 Å². The highest BCUT2D eigenvalue weighted by Gasteiger charge is 2.24. The lowest BCUT2D eigenvalue weighted by molar-refractivity contribution is -0.0241. The van der Waals surface area contributed by atoms with E-state index in [0.29, 0.717) is 18.1 Å². The van der Waals surface area contributed by atoms with Gasteiger partial charge in [-0.1, -0.05) is 37.6 Å². The number of benzene rings is 1. The highest BCUT2D eigenvalue weighted by atomic mass is 35.5. The fraction of sp³-hybridized carbons (Fsp3) is 0.625. The van der Waals surface area contributed by atoms with Crippen molar-refractivity contribution in [1.82, 2.24) is 5.32 Å². The third-order valence-electron chi connectivity index (χ3n) is 3.82. The summed E-state index contributed by atoms with van der Waals surface area (Å²) >= 11 is 5.88. The van der Waals surface area contributed by atoms with Crippen LogP contribution in [0.5, 0.6) is 0 Å². The van der Waals surface area contributed by atoms with Gasteiger partial charge < -0.3 is 10.1 Å². The summed E-state index contributed by atoms with van der Waals surface area (Å²) in [7, 11) is 0. The minimum absolute atomic E-state index is 0.418. The molecular weight excluding hydrogens is 258 g/mol. The molecule has 2 atom stereocenters. The minimum atomic E-state index is 0.418. The third-order valence-corrected chi connectivity index (χ3v) is 4.07. The summed E-state index contributed by atoms with van der Waals surface area (Å²) in [5, 5.41) is 4.46. The second-order valence-electron chi connectivity index (χ2n) is 5.71. The fourth-order valence-corrected chi connectivity index (χ4v) is 2.68. The van der Waals surface area contributed by atoms with Crippen LogP contribution in [0.4, 0.5) is 0 Å². The van der Waals surface area contributed by atoms with Crippen LogP contribution in [-0.4, -0.2) is 25.3 Å². The van der Waals surface area contributed by atoms with Gasteiger partial charge in [-0.3, -0.25) is 0 Å². The van der Waals surface area contributed by atoms with E-state index in [1.165, 1.54) is 5.56 Å². The average Bonchev–Trinajstić information content (AvgIpc) is 2.41. The largest absolute Gasteiger partial charge is 0.378 e. The number of nitrogens with one attached hydrogen (secondary N) is 1. The van der Waals surface area contributed by atoms with E-state index in [2.05, 4.69) is 31.3 Å². The standard InChI is InChI=1S/C16H24ClNO/c1-12(2)16-11-15(8-10-19-16)18-9-7-13-3-5-14(17)6-4-13/h3-6,12,15-16,18H,7-11H2,1-2H3. The molecule has 1 aromatic rings. The molecule has 19 heavy (non-hydrogen) atoms. The number of hydrogen-bond donors (Lipinski definition) is 1. The van der Waals surface area contributed by atoms with Crippen LogP contribution in [0.2, 0.25) is 5.02 Å². The Balaban J connectivity index is 1.72. The fourth-order valence-electron chi connectivity index (χ4n) is 2.55. The van der Waals surface area contributed by atoms with Crippen LogP contribution in [0.25, 0.3) is 0 Å². The van der Waals surface area contributed by atoms with Crippen molar-refractivity contribution in [2.75, 3.05) is 13.2 Å². The second-order valence-corrected chi connectivity index (χ2v) is 6.14. The molecule has 1 fully saturated rings. The summed E-state index contributed by atoms with van der Waals surface area (Å²) in [6.07, 6.45) is 3.74. The van der Waals surface area contributed by atoms with Crippen molar-refractivity contribution in [2.45, 2.75) is 45.3 Å². The summed E-state index contributed by atoms with van der Waals surface area (Å²) in [5.74, 6) is 0.612. The Morgan fingerprint density at radius 1 is 1.32 bits per heavy atom. The molecule has 2 rings (SSSR count). The summed E-state index contributed by atoms with van der Waals surface area (Å²) in [4.78, 5) is 0. The maximum atomic E-state index is 5.88. The van der Waals surface area contributed by atoms with Gasteiger partial charge in [0.05, 0.1) is 6.10 Å². The van der Waals surface area contributed by atoms with Crippen LogP contribution in [0.1, 0.15) is 32.3 Å². The van der Waals surface area contributed by atoms with Gasteiger partial charge in [-0.25, -0.2) is 0 Å². The molecule has 106 valence electrons. The molecule has 0 saturated carbocycles. The molecule has 1 aliphatic heterocycles. The Hall–Kier alpha value is -0.570. The SMILES string of the molecule is CC(C)C1CC(NCCc2ccc(Cl)cc2)CCO1. The number of ether oxygens (including phenoxy) is 1. The third kappa shape index (κ3) is 4.79. The topological polar surface area (TPSA) is 21.3 Å². The predicted octanol–water partition coefficient (Wildman–Crippen LogP) is 3.68. The lowest BCUT2D eigenvalue weighted by Gasteiger charge is -2.32. The minimum Gasteiger partial charge on any atom is -0.378 e. The van der Waals surface area contributed by atoms with Gasteiger partial charge in [0.25, 0.3) is 0 Å². The van der Waals surface area contributed by atoms with Gasteiger partial charge in [0.1, 0.15) is 0 Å². The molecule has 0 radical (unpaired) electrons. The first-order valence-electron chi connectivity index (χ1n) is 7.24. The van der Waals surface area contributed by atoms with Crippen molar-refractivity contribution >= 4 is 11.6 Å². The Kier molecular flexibility index (Phi) is 5.68. The van der Waals surface area contributed by atoms with Gasteiger partial charge in [0.2, 0.25) is 0 Å². The molecule has 0 aliphatic carbocycles. The Bertz CT molecular complexity index is 377. The molecule has 3 heteroatoms. The first kappa shape index (κ1) is 14.8. The van der Waals surface area contributed by atoms with Crippen molar-refractivity contribution in [1.29, 1.82) is 0 Å². The molecular formula is C16H24ClNO. The zero-order valence-corrected chi connectivity index (χ0v) is 12.6. The zero-order chi connectivity index (χ0) is 13.7. The van der Waals surface area contributed by atoms with Gasteiger partial charge in [-0.15, -0.1) is 0 Å². The van der Waals surface area contributed by atoms with Crippen LogP contribution in [-0.2, 0) is 11.2 Å².